The molecule has 6 heteroatoms. The molecule has 198 valence electrons. The highest BCUT2D eigenvalue weighted by Crippen LogP contribution is 2.29. The van der Waals surface area contributed by atoms with Gasteiger partial charge in [0, 0.05) is 23.2 Å². The van der Waals surface area contributed by atoms with Gasteiger partial charge in [0.1, 0.15) is 5.65 Å². The number of benzene rings is 2. The minimum atomic E-state index is -0.103. The predicted octanol–water partition coefficient (Wildman–Crippen LogP) is 5.72. The molecule has 6 rings (SSSR count). The van der Waals surface area contributed by atoms with Crippen molar-refractivity contribution < 1.29 is 0 Å². The van der Waals surface area contributed by atoms with E-state index in [4.69, 9.17) is 4.98 Å². The van der Waals surface area contributed by atoms with Gasteiger partial charge in [-0.1, -0.05) is 55.2 Å². The maximum absolute atomic E-state index is 13.7. The lowest BCUT2D eigenvalue weighted by molar-refractivity contribution is 0.255. The van der Waals surface area contributed by atoms with Crippen molar-refractivity contribution in [3.8, 4) is 11.8 Å². The first-order valence-corrected chi connectivity index (χ1v) is 14.1. The molecule has 4 aromatic rings. The number of likely N-dealkylation sites (tertiary alicyclic amines) is 1. The third kappa shape index (κ3) is 5.74. The first-order chi connectivity index (χ1) is 19.1. The van der Waals surface area contributed by atoms with Crippen LogP contribution in [0.5, 0.6) is 0 Å². The van der Waals surface area contributed by atoms with E-state index in [2.05, 4.69) is 77.4 Å². The second-order valence-corrected chi connectivity index (χ2v) is 10.9. The van der Waals surface area contributed by atoms with Crippen molar-refractivity contribution in [3.05, 3.63) is 93.4 Å². The van der Waals surface area contributed by atoms with Crippen LogP contribution in [0.1, 0.15) is 60.8 Å². The van der Waals surface area contributed by atoms with E-state index in [1.54, 1.807) is 10.8 Å². The van der Waals surface area contributed by atoms with E-state index in [1.807, 2.05) is 18.2 Å². The van der Waals surface area contributed by atoms with Crippen LogP contribution in [0.2, 0.25) is 0 Å². The molecule has 1 aliphatic heterocycles. The van der Waals surface area contributed by atoms with E-state index < -0.39 is 0 Å². The van der Waals surface area contributed by atoms with Crippen molar-refractivity contribution in [2.24, 2.45) is 5.92 Å². The Morgan fingerprint density at radius 2 is 1.74 bits per heavy atom. The molecule has 39 heavy (non-hydrogen) atoms. The third-order valence-electron chi connectivity index (χ3n) is 8.00. The van der Waals surface area contributed by atoms with Crippen LogP contribution < -0.4 is 10.9 Å². The SMILES string of the molecule is CCc1ccccc1Cn1c(=O)c(C#CC2CC2)cc2cnc(Nc3ccc(C4CCN(C)CC4)cc3)nc21. The van der Waals surface area contributed by atoms with E-state index in [0.29, 0.717) is 35.5 Å². The molecule has 0 radical (unpaired) electrons. The van der Waals surface area contributed by atoms with Crippen molar-refractivity contribution in [1.82, 2.24) is 19.4 Å². The molecule has 0 spiro atoms. The molecule has 0 amide bonds. The maximum Gasteiger partial charge on any atom is 0.268 e. The summed E-state index contributed by atoms with van der Waals surface area (Å²) in [7, 11) is 2.19. The van der Waals surface area contributed by atoms with Crippen molar-refractivity contribution in [2.45, 2.75) is 51.5 Å². The van der Waals surface area contributed by atoms with Crippen molar-refractivity contribution in [1.29, 1.82) is 0 Å². The first kappa shape index (κ1) is 25.3. The molecule has 1 aliphatic carbocycles. The quantitative estimate of drug-likeness (QED) is 0.332. The van der Waals surface area contributed by atoms with Gasteiger partial charge in [0.25, 0.3) is 5.56 Å². The Morgan fingerprint density at radius 1 is 1.00 bits per heavy atom. The third-order valence-corrected chi connectivity index (χ3v) is 8.00. The van der Waals surface area contributed by atoms with Gasteiger partial charge in [-0.2, -0.15) is 4.98 Å². The number of hydrogen-bond acceptors (Lipinski definition) is 5. The molecule has 1 saturated heterocycles. The Morgan fingerprint density at radius 3 is 2.46 bits per heavy atom. The van der Waals surface area contributed by atoms with E-state index in [9.17, 15) is 4.79 Å². The van der Waals surface area contributed by atoms with Gasteiger partial charge in [0.15, 0.2) is 0 Å². The lowest BCUT2D eigenvalue weighted by Crippen LogP contribution is -2.29. The van der Waals surface area contributed by atoms with E-state index >= 15 is 0 Å². The van der Waals surface area contributed by atoms with E-state index in [1.165, 1.54) is 24.0 Å². The second kappa shape index (κ2) is 11.0. The Bertz CT molecular complexity index is 1600. The van der Waals surface area contributed by atoms with Gasteiger partial charge in [0.2, 0.25) is 5.95 Å². The zero-order valence-corrected chi connectivity index (χ0v) is 22.8. The van der Waals surface area contributed by atoms with Crippen molar-refractivity contribution >= 4 is 22.7 Å². The number of anilines is 2. The van der Waals surface area contributed by atoms with Gasteiger partial charge in [-0.25, -0.2) is 4.98 Å². The van der Waals surface area contributed by atoms with Gasteiger partial charge in [-0.15, -0.1) is 0 Å². The Balaban J connectivity index is 1.33. The number of hydrogen-bond donors (Lipinski definition) is 1. The monoisotopic (exact) mass is 517 g/mol. The van der Waals surface area contributed by atoms with Crippen LogP contribution in [-0.2, 0) is 13.0 Å². The fourth-order valence-corrected chi connectivity index (χ4v) is 5.40. The highest BCUT2D eigenvalue weighted by Gasteiger charge is 2.20. The van der Waals surface area contributed by atoms with Crippen LogP contribution in [0.15, 0.2) is 65.6 Å². The number of nitrogens with zero attached hydrogens (tertiary/aromatic N) is 4. The van der Waals surface area contributed by atoms with Crippen molar-refractivity contribution in [3.63, 3.8) is 0 Å². The Labute approximate surface area is 230 Å². The number of pyridine rings is 1. The number of rotatable bonds is 6. The van der Waals surface area contributed by atoms with Crippen LogP contribution in [-0.4, -0.2) is 39.6 Å². The molecular formula is C33H35N5O. The molecule has 2 aromatic heterocycles. The predicted molar refractivity (Wildman–Crippen MR) is 158 cm³/mol. The summed E-state index contributed by atoms with van der Waals surface area (Å²) in [6.45, 7) is 4.88. The lowest BCUT2D eigenvalue weighted by atomic mass is 9.89. The highest BCUT2D eigenvalue weighted by molar-refractivity contribution is 5.77. The molecule has 3 heterocycles. The molecule has 2 fully saturated rings. The van der Waals surface area contributed by atoms with E-state index in [0.717, 1.165) is 49.0 Å². The van der Waals surface area contributed by atoms with Gasteiger partial charge < -0.3 is 10.2 Å². The number of fused-ring (bicyclic) bond motifs is 1. The molecule has 1 N–H and O–H groups in total. The summed E-state index contributed by atoms with van der Waals surface area (Å²) in [5, 5.41) is 4.17. The summed E-state index contributed by atoms with van der Waals surface area (Å²) >= 11 is 0. The lowest BCUT2D eigenvalue weighted by Gasteiger charge is -2.29. The van der Waals surface area contributed by atoms with Gasteiger partial charge in [-0.05, 0) is 93.0 Å². The molecule has 6 nitrogen and oxygen atoms in total. The molecule has 0 unspecified atom stereocenters. The second-order valence-electron chi connectivity index (χ2n) is 10.9. The summed E-state index contributed by atoms with van der Waals surface area (Å²) in [5.41, 5.74) is 5.69. The topological polar surface area (TPSA) is 63.1 Å². The molecule has 0 bridgehead atoms. The Kier molecular flexibility index (Phi) is 7.17. The molecule has 2 aliphatic rings. The highest BCUT2D eigenvalue weighted by atomic mass is 16.1. The number of aryl methyl sites for hydroxylation is 1. The van der Waals surface area contributed by atoms with Crippen LogP contribution in [0.25, 0.3) is 11.0 Å². The smallest absolute Gasteiger partial charge is 0.268 e. The first-order valence-electron chi connectivity index (χ1n) is 14.1. The molecule has 0 atom stereocenters. The van der Waals surface area contributed by atoms with Crippen LogP contribution in [0.3, 0.4) is 0 Å². The largest absolute Gasteiger partial charge is 0.324 e. The molecule has 2 aromatic carbocycles. The summed E-state index contributed by atoms with van der Waals surface area (Å²) in [6, 6.07) is 18.7. The fraction of sp³-hybridized carbons (Fsp3) is 0.364. The average Bonchev–Trinajstić information content (AvgIpc) is 3.80. The zero-order valence-electron chi connectivity index (χ0n) is 22.8. The summed E-state index contributed by atoms with van der Waals surface area (Å²) in [6.07, 6.45) is 7.33. The number of aromatic nitrogens is 3. The van der Waals surface area contributed by atoms with E-state index in [-0.39, 0.29) is 5.56 Å². The standard InChI is InChI=1S/C33H35N5O/c1-3-24-6-4-5-7-28(24)22-38-31-29(20-27(32(38)39)11-10-23-8-9-23)21-34-33(36-31)35-30-14-12-25(13-15-30)26-16-18-37(2)19-17-26/h4-7,12-15,20-21,23,26H,3,8-9,16-19,22H2,1-2H3,(H,34,35,36). The van der Waals surface area contributed by atoms with Crippen molar-refractivity contribution in [2.75, 3.05) is 25.5 Å². The van der Waals surface area contributed by atoms with Gasteiger partial charge >= 0.3 is 0 Å². The minimum Gasteiger partial charge on any atom is -0.324 e. The average molecular weight is 518 g/mol. The Hall–Kier alpha value is -3.95. The van der Waals surface area contributed by atoms with Gasteiger partial charge in [-0.3, -0.25) is 9.36 Å². The summed E-state index contributed by atoms with van der Waals surface area (Å²) in [4.78, 5) is 25.5. The van der Waals surface area contributed by atoms with Crippen LogP contribution in [0.4, 0.5) is 11.6 Å². The fourth-order valence-electron chi connectivity index (χ4n) is 5.40. The summed E-state index contributed by atoms with van der Waals surface area (Å²) in [5.74, 6) is 7.91. The molecule has 1 saturated carbocycles. The maximum atomic E-state index is 13.7. The normalized spacial score (nSPS) is 16.2. The summed E-state index contributed by atoms with van der Waals surface area (Å²) < 4.78 is 1.76. The minimum absolute atomic E-state index is 0.103. The molecular weight excluding hydrogens is 482 g/mol. The van der Waals surface area contributed by atoms with Gasteiger partial charge in [0.05, 0.1) is 12.1 Å². The van der Waals surface area contributed by atoms with Crippen LogP contribution in [0, 0.1) is 17.8 Å². The van der Waals surface area contributed by atoms with Crippen LogP contribution >= 0.6 is 0 Å². The number of piperidine rings is 1. The number of nitrogens with one attached hydrogen (secondary N) is 1. The zero-order chi connectivity index (χ0) is 26.8.